The van der Waals surface area contributed by atoms with Crippen molar-refractivity contribution >= 4 is 0 Å². The van der Waals surface area contributed by atoms with Gasteiger partial charge in [-0.05, 0) is 92.0 Å². The number of nitrogens with one attached hydrogen (secondary N) is 1. The second-order valence-corrected chi connectivity index (χ2v) is 7.94. The summed E-state index contributed by atoms with van der Waals surface area (Å²) in [4.78, 5) is 0. The van der Waals surface area contributed by atoms with Crippen LogP contribution in [-0.4, -0.2) is 20.2 Å². The first-order valence-electron chi connectivity index (χ1n) is 9.01. The van der Waals surface area contributed by atoms with E-state index in [1.165, 1.54) is 38.5 Å². The Bertz CT molecular complexity index is 569. The molecule has 0 heterocycles. The van der Waals surface area contributed by atoms with Crippen LogP contribution in [0.15, 0.2) is 18.2 Å². The summed E-state index contributed by atoms with van der Waals surface area (Å²) in [5, 5.41) is 3.62. The Kier molecular flexibility index (Phi) is 3.48. The maximum absolute atomic E-state index is 5.42. The number of aryl methyl sites for hydroxylation is 1. The third kappa shape index (κ3) is 1.96. The zero-order valence-corrected chi connectivity index (χ0v) is 14.2. The van der Waals surface area contributed by atoms with Crippen molar-refractivity contribution in [1.29, 1.82) is 0 Å². The number of fused-ring (bicyclic) bond motifs is 5. The summed E-state index contributed by atoms with van der Waals surface area (Å²) >= 11 is 0. The Labute approximate surface area is 134 Å². The maximum atomic E-state index is 5.42. The first-order chi connectivity index (χ1) is 10.7. The van der Waals surface area contributed by atoms with Crippen LogP contribution in [0.5, 0.6) is 5.75 Å². The fourth-order valence-electron chi connectivity index (χ4n) is 6.16. The van der Waals surface area contributed by atoms with Crippen molar-refractivity contribution < 1.29 is 4.74 Å². The molecule has 1 N–H and O–H groups in total. The molecule has 120 valence electrons. The molecule has 2 nitrogen and oxygen atoms in total. The van der Waals surface area contributed by atoms with Crippen LogP contribution in [0.4, 0.5) is 0 Å². The summed E-state index contributed by atoms with van der Waals surface area (Å²) in [6.07, 6.45) is 8.17. The Morgan fingerprint density at radius 1 is 1.18 bits per heavy atom. The quantitative estimate of drug-likeness (QED) is 0.886. The second kappa shape index (κ2) is 5.26. The van der Waals surface area contributed by atoms with Crippen LogP contribution in [0.25, 0.3) is 0 Å². The monoisotopic (exact) mass is 299 g/mol. The van der Waals surface area contributed by atoms with Crippen LogP contribution in [0.3, 0.4) is 0 Å². The molecule has 0 aromatic heterocycles. The summed E-state index contributed by atoms with van der Waals surface area (Å²) in [5.74, 6) is 3.63. The van der Waals surface area contributed by atoms with Crippen molar-refractivity contribution in [2.24, 2.45) is 17.3 Å². The SMILES string of the molecule is CN[C@@H]1CC[C@H]2[C@@H]3CCc4cc(OC)ccc4[C@H]3CC[C@]12C. The molecule has 2 saturated carbocycles. The lowest BCUT2D eigenvalue weighted by atomic mass is 9.55. The second-order valence-electron chi connectivity index (χ2n) is 7.94. The molecule has 2 fully saturated rings. The molecule has 0 unspecified atom stereocenters. The van der Waals surface area contributed by atoms with E-state index >= 15 is 0 Å². The summed E-state index contributed by atoms with van der Waals surface area (Å²) in [7, 11) is 3.93. The van der Waals surface area contributed by atoms with Gasteiger partial charge >= 0.3 is 0 Å². The predicted molar refractivity (Wildman–Crippen MR) is 90.5 cm³/mol. The molecule has 1 aromatic carbocycles. The van der Waals surface area contributed by atoms with E-state index in [4.69, 9.17) is 4.74 Å². The van der Waals surface area contributed by atoms with Crippen LogP contribution in [-0.2, 0) is 6.42 Å². The molecule has 0 spiro atoms. The van der Waals surface area contributed by atoms with Crippen LogP contribution in [0.1, 0.15) is 56.1 Å². The van der Waals surface area contributed by atoms with Gasteiger partial charge in [0, 0.05) is 6.04 Å². The van der Waals surface area contributed by atoms with Gasteiger partial charge in [-0.25, -0.2) is 0 Å². The zero-order chi connectivity index (χ0) is 15.3. The minimum Gasteiger partial charge on any atom is -0.497 e. The van der Waals surface area contributed by atoms with Gasteiger partial charge in [0.15, 0.2) is 0 Å². The lowest BCUT2D eigenvalue weighted by Crippen LogP contribution is -2.47. The summed E-state index contributed by atoms with van der Waals surface area (Å²) in [6.45, 7) is 2.56. The molecule has 0 amide bonds. The van der Waals surface area contributed by atoms with E-state index in [2.05, 4.69) is 37.5 Å². The molecular weight excluding hydrogens is 270 g/mol. The van der Waals surface area contributed by atoms with E-state index < -0.39 is 0 Å². The van der Waals surface area contributed by atoms with Gasteiger partial charge in [0.2, 0.25) is 0 Å². The molecule has 5 atom stereocenters. The number of methoxy groups -OCH3 is 1. The topological polar surface area (TPSA) is 21.3 Å². The van der Waals surface area contributed by atoms with E-state index in [0.29, 0.717) is 5.41 Å². The average Bonchev–Trinajstić information content (AvgIpc) is 2.90. The van der Waals surface area contributed by atoms with Crippen molar-refractivity contribution in [2.75, 3.05) is 14.2 Å². The standard InChI is InChI=1S/C20H29NO/c1-20-11-10-16-15-7-5-14(22-3)12-13(15)4-6-17(16)18(20)8-9-19(20)21-2/h5,7,12,16-19,21H,4,6,8-11H2,1-3H3/t16-,17-,18+,19-,20+/m1/s1. The molecule has 3 aliphatic carbocycles. The molecule has 3 aliphatic rings. The first kappa shape index (κ1) is 14.6. The molecule has 0 bridgehead atoms. The Balaban J connectivity index is 1.66. The number of benzene rings is 1. The minimum absolute atomic E-state index is 0.528. The van der Waals surface area contributed by atoms with Crippen molar-refractivity contribution in [3.63, 3.8) is 0 Å². The normalized spacial score (nSPS) is 39.8. The van der Waals surface area contributed by atoms with E-state index in [9.17, 15) is 0 Å². The molecule has 1 aromatic rings. The van der Waals surface area contributed by atoms with Crippen LogP contribution in [0.2, 0.25) is 0 Å². The largest absolute Gasteiger partial charge is 0.497 e. The fraction of sp³-hybridized carbons (Fsp3) is 0.700. The van der Waals surface area contributed by atoms with Crippen molar-refractivity contribution in [2.45, 2.75) is 57.4 Å². The fourth-order valence-corrected chi connectivity index (χ4v) is 6.16. The van der Waals surface area contributed by atoms with Crippen molar-refractivity contribution in [1.82, 2.24) is 5.32 Å². The Hall–Kier alpha value is -1.02. The lowest BCUT2D eigenvalue weighted by molar-refractivity contribution is 0.0430. The van der Waals surface area contributed by atoms with Gasteiger partial charge in [-0.15, -0.1) is 0 Å². The smallest absolute Gasteiger partial charge is 0.119 e. The average molecular weight is 299 g/mol. The molecular formula is C20H29NO. The lowest BCUT2D eigenvalue weighted by Gasteiger charge is -2.51. The Morgan fingerprint density at radius 2 is 2.05 bits per heavy atom. The van der Waals surface area contributed by atoms with Crippen molar-refractivity contribution in [3.8, 4) is 5.75 Å². The van der Waals surface area contributed by atoms with E-state index in [0.717, 1.165) is 29.5 Å². The zero-order valence-electron chi connectivity index (χ0n) is 14.2. The minimum atomic E-state index is 0.528. The van der Waals surface area contributed by atoms with Crippen molar-refractivity contribution in [3.05, 3.63) is 29.3 Å². The third-order valence-corrected chi connectivity index (χ3v) is 7.28. The third-order valence-electron chi connectivity index (χ3n) is 7.28. The molecule has 2 heteroatoms. The van der Waals surface area contributed by atoms with Crippen LogP contribution < -0.4 is 10.1 Å². The van der Waals surface area contributed by atoms with E-state index in [1.54, 1.807) is 18.2 Å². The highest BCUT2D eigenvalue weighted by Gasteiger charge is 2.54. The molecule has 0 aliphatic heterocycles. The number of ether oxygens (including phenoxy) is 1. The molecule has 22 heavy (non-hydrogen) atoms. The first-order valence-corrected chi connectivity index (χ1v) is 9.01. The molecule has 0 radical (unpaired) electrons. The number of hydrogen-bond donors (Lipinski definition) is 1. The van der Waals surface area contributed by atoms with E-state index in [-0.39, 0.29) is 0 Å². The van der Waals surface area contributed by atoms with Gasteiger partial charge in [-0.2, -0.15) is 0 Å². The predicted octanol–water partition coefficient (Wildman–Crippen LogP) is 4.14. The number of hydrogen-bond acceptors (Lipinski definition) is 2. The highest BCUT2D eigenvalue weighted by Crippen LogP contribution is 2.60. The van der Waals surface area contributed by atoms with Gasteiger partial charge in [0.1, 0.15) is 5.75 Å². The molecule has 4 rings (SSSR count). The Morgan fingerprint density at radius 3 is 2.82 bits per heavy atom. The highest BCUT2D eigenvalue weighted by molar-refractivity contribution is 5.40. The highest BCUT2D eigenvalue weighted by atomic mass is 16.5. The van der Waals surface area contributed by atoms with Gasteiger partial charge in [-0.1, -0.05) is 13.0 Å². The summed E-state index contributed by atoms with van der Waals surface area (Å²) in [6, 6.07) is 7.54. The number of rotatable bonds is 2. The van der Waals surface area contributed by atoms with Gasteiger partial charge < -0.3 is 10.1 Å². The van der Waals surface area contributed by atoms with Gasteiger partial charge in [0.05, 0.1) is 7.11 Å². The van der Waals surface area contributed by atoms with E-state index in [1.807, 2.05) is 0 Å². The van der Waals surface area contributed by atoms with Crippen LogP contribution >= 0.6 is 0 Å². The summed E-state index contributed by atoms with van der Waals surface area (Å²) in [5.41, 5.74) is 3.71. The van der Waals surface area contributed by atoms with Gasteiger partial charge in [-0.3, -0.25) is 0 Å². The van der Waals surface area contributed by atoms with Gasteiger partial charge in [0.25, 0.3) is 0 Å². The molecule has 0 saturated heterocycles. The maximum Gasteiger partial charge on any atom is 0.119 e. The van der Waals surface area contributed by atoms with Crippen LogP contribution in [0, 0.1) is 17.3 Å². The summed E-state index contributed by atoms with van der Waals surface area (Å²) < 4.78 is 5.42.